The van der Waals surface area contributed by atoms with E-state index in [4.69, 9.17) is 14.2 Å². The van der Waals surface area contributed by atoms with Crippen LogP contribution in [0.4, 0.5) is 4.39 Å². The summed E-state index contributed by atoms with van der Waals surface area (Å²) in [6.07, 6.45) is 3.17. The molecule has 0 fully saturated rings. The number of ether oxygens (including phenoxy) is 3. The molecular weight excluding hydrogens is 511 g/mol. The van der Waals surface area contributed by atoms with Crippen molar-refractivity contribution in [2.75, 3.05) is 40.5 Å². The SMILES string of the molecule is CO[C@H]1CN(CC(C)C)C(=O)[C@H](CC(C)C)N(C(=O)c2ccc(F)cc2)C/C=C/COc2ccccc2[C@@H]1OC. The van der Waals surface area contributed by atoms with E-state index in [0.29, 0.717) is 24.3 Å². The average Bonchev–Trinajstić information content (AvgIpc) is 2.92. The predicted molar refractivity (Wildman–Crippen MR) is 154 cm³/mol. The molecule has 0 unspecified atom stereocenters. The number of methoxy groups -OCH3 is 2. The molecule has 0 saturated carbocycles. The molecule has 3 atom stereocenters. The topological polar surface area (TPSA) is 68.3 Å². The van der Waals surface area contributed by atoms with Crippen LogP contribution in [0.1, 0.15) is 56.1 Å². The van der Waals surface area contributed by atoms with Crippen LogP contribution in [-0.2, 0) is 14.3 Å². The molecule has 1 heterocycles. The zero-order valence-electron chi connectivity index (χ0n) is 24.5. The number of fused-ring (bicyclic) bond motifs is 1. The lowest BCUT2D eigenvalue weighted by Crippen LogP contribution is -2.54. The molecule has 0 N–H and O–H groups in total. The van der Waals surface area contributed by atoms with E-state index in [-0.39, 0.29) is 43.3 Å². The normalized spacial score (nSPS) is 21.6. The fourth-order valence-electron chi connectivity index (χ4n) is 5.06. The minimum atomic E-state index is -0.726. The minimum Gasteiger partial charge on any atom is -0.489 e. The minimum absolute atomic E-state index is 0.140. The smallest absolute Gasteiger partial charge is 0.254 e. The first kappa shape index (κ1) is 31.3. The molecule has 218 valence electrons. The third kappa shape index (κ3) is 8.15. The molecular formula is C32H43FN2O5. The molecule has 1 aliphatic heterocycles. The summed E-state index contributed by atoms with van der Waals surface area (Å²) < 4.78 is 31.6. The number of nitrogens with zero attached hydrogens (tertiary/aromatic N) is 2. The van der Waals surface area contributed by atoms with E-state index in [9.17, 15) is 14.0 Å². The van der Waals surface area contributed by atoms with Crippen molar-refractivity contribution in [1.82, 2.24) is 9.80 Å². The van der Waals surface area contributed by atoms with Crippen LogP contribution in [0.3, 0.4) is 0 Å². The Morgan fingerprint density at radius 2 is 1.70 bits per heavy atom. The molecule has 3 rings (SSSR count). The van der Waals surface area contributed by atoms with Crippen LogP contribution >= 0.6 is 0 Å². The Kier molecular flexibility index (Phi) is 11.7. The van der Waals surface area contributed by atoms with Crippen LogP contribution in [0.5, 0.6) is 5.75 Å². The molecule has 0 aromatic heterocycles. The average molecular weight is 555 g/mol. The molecule has 0 saturated heterocycles. The highest BCUT2D eigenvalue weighted by atomic mass is 19.1. The number of rotatable bonds is 7. The van der Waals surface area contributed by atoms with Crippen LogP contribution in [0, 0.1) is 17.7 Å². The van der Waals surface area contributed by atoms with Gasteiger partial charge in [0.2, 0.25) is 5.91 Å². The van der Waals surface area contributed by atoms with Gasteiger partial charge in [-0.15, -0.1) is 0 Å². The van der Waals surface area contributed by atoms with Gasteiger partial charge in [0.25, 0.3) is 5.91 Å². The van der Waals surface area contributed by atoms with Crippen LogP contribution in [0.25, 0.3) is 0 Å². The number of carbonyl (C=O) groups excluding carboxylic acids is 2. The number of benzene rings is 2. The first-order valence-corrected chi connectivity index (χ1v) is 13.9. The summed E-state index contributed by atoms with van der Waals surface area (Å²) in [5.74, 6) is 0.0800. The van der Waals surface area contributed by atoms with Crippen molar-refractivity contribution in [3.63, 3.8) is 0 Å². The van der Waals surface area contributed by atoms with Gasteiger partial charge in [-0.1, -0.05) is 52.0 Å². The van der Waals surface area contributed by atoms with Gasteiger partial charge in [0.1, 0.15) is 36.4 Å². The molecule has 2 amide bonds. The number of halogens is 1. The van der Waals surface area contributed by atoms with Crippen molar-refractivity contribution >= 4 is 11.8 Å². The predicted octanol–water partition coefficient (Wildman–Crippen LogP) is 5.52. The van der Waals surface area contributed by atoms with Gasteiger partial charge in [-0.25, -0.2) is 4.39 Å². The lowest BCUT2D eigenvalue weighted by Gasteiger charge is -2.38. The van der Waals surface area contributed by atoms with E-state index in [1.54, 1.807) is 24.0 Å². The summed E-state index contributed by atoms with van der Waals surface area (Å²) in [6, 6.07) is 12.4. The number of amides is 2. The Hall–Kier alpha value is -3.23. The van der Waals surface area contributed by atoms with Crippen LogP contribution in [0.2, 0.25) is 0 Å². The quantitative estimate of drug-likeness (QED) is 0.422. The number of para-hydroxylation sites is 1. The van der Waals surface area contributed by atoms with Gasteiger partial charge < -0.3 is 24.0 Å². The monoisotopic (exact) mass is 554 g/mol. The summed E-state index contributed by atoms with van der Waals surface area (Å²) in [7, 11) is 3.23. The van der Waals surface area contributed by atoms with Gasteiger partial charge in [-0.3, -0.25) is 9.59 Å². The third-order valence-electron chi connectivity index (χ3n) is 6.93. The lowest BCUT2D eigenvalue weighted by molar-refractivity contribution is -0.141. The Bertz CT molecular complexity index is 1130. The largest absolute Gasteiger partial charge is 0.489 e. The second-order valence-electron chi connectivity index (χ2n) is 11.0. The highest BCUT2D eigenvalue weighted by Gasteiger charge is 2.36. The molecule has 0 radical (unpaired) electrons. The van der Waals surface area contributed by atoms with Gasteiger partial charge in [0.15, 0.2) is 0 Å². The van der Waals surface area contributed by atoms with Crippen molar-refractivity contribution in [3.8, 4) is 5.75 Å². The molecule has 0 spiro atoms. The van der Waals surface area contributed by atoms with Crippen molar-refractivity contribution in [1.29, 1.82) is 0 Å². The highest BCUT2D eigenvalue weighted by Crippen LogP contribution is 2.32. The first-order valence-electron chi connectivity index (χ1n) is 13.9. The maximum Gasteiger partial charge on any atom is 0.254 e. The van der Waals surface area contributed by atoms with Crippen molar-refractivity contribution in [2.45, 2.75) is 52.4 Å². The fourth-order valence-corrected chi connectivity index (χ4v) is 5.06. The Balaban J connectivity index is 2.12. The zero-order valence-corrected chi connectivity index (χ0v) is 24.5. The standard InChI is InChI=1S/C32H43FN2O5/c1-22(2)19-27-32(37)34(20-23(3)4)21-29(38-5)30(39-6)26-11-7-8-12-28(26)40-18-10-9-17-35(27)31(36)24-13-15-25(33)16-14-24/h7-16,22-23,27,29-30H,17-21H2,1-6H3/b10-9+/t27-,29-,30-/m0/s1. The number of carbonyl (C=O) groups is 2. The van der Waals surface area contributed by atoms with E-state index in [1.807, 2.05) is 50.3 Å². The third-order valence-corrected chi connectivity index (χ3v) is 6.93. The molecule has 0 aliphatic carbocycles. The molecule has 1 aliphatic rings. The second-order valence-corrected chi connectivity index (χ2v) is 11.0. The van der Waals surface area contributed by atoms with Crippen molar-refractivity contribution in [2.24, 2.45) is 11.8 Å². The molecule has 40 heavy (non-hydrogen) atoms. The van der Waals surface area contributed by atoms with E-state index in [1.165, 1.54) is 24.3 Å². The summed E-state index contributed by atoms with van der Waals surface area (Å²) in [4.78, 5) is 31.6. The summed E-state index contributed by atoms with van der Waals surface area (Å²) in [5.41, 5.74) is 1.17. The van der Waals surface area contributed by atoms with Gasteiger partial charge in [0.05, 0.1) is 0 Å². The van der Waals surface area contributed by atoms with Gasteiger partial charge in [0, 0.05) is 45.0 Å². The number of hydrogen-bond acceptors (Lipinski definition) is 5. The molecule has 2 aromatic rings. The van der Waals surface area contributed by atoms with Crippen LogP contribution < -0.4 is 4.74 Å². The Labute approximate surface area is 237 Å². The zero-order chi connectivity index (χ0) is 29.2. The first-order chi connectivity index (χ1) is 19.2. The second kappa shape index (κ2) is 15.0. The van der Waals surface area contributed by atoms with Gasteiger partial charge >= 0.3 is 0 Å². The molecule has 7 nitrogen and oxygen atoms in total. The maximum atomic E-state index is 14.4. The molecule has 2 aromatic carbocycles. The van der Waals surface area contributed by atoms with Crippen molar-refractivity contribution < 1.29 is 28.2 Å². The van der Waals surface area contributed by atoms with E-state index < -0.39 is 24.1 Å². The van der Waals surface area contributed by atoms with Crippen LogP contribution in [-0.4, -0.2) is 74.2 Å². The number of hydrogen-bond donors (Lipinski definition) is 0. The Morgan fingerprint density at radius 3 is 2.33 bits per heavy atom. The Morgan fingerprint density at radius 1 is 1.00 bits per heavy atom. The van der Waals surface area contributed by atoms with E-state index >= 15 is 0 Å². The maximum absolute atomic E-state index is 14.4. The molecule has 0 bridgehead atoms. The van der Waals surface area contributed by atoms with Crippen molar-refractivity contribution in [3.05, 3.63) is 77.6 Å². The van der Waals surface area contributed by atoms with Gasteiger partial charge in [-0.2, -0.15) is 0 Å². The summed E-state index contributed by atoms with van der Waals surface area (Å²) in [6.45, 7) is 9.40. The van der Waals surface area contributed by atoms with Crippen LogP contribution in [0.15, 0.2) is 60.7 Å². The fraction of sp³-hybridized carbons (Fsp3) is 0.500. The highest BCUT2D eigenvalue weighted by molar-refractivity contribution is 5.97. The summed E-state index contributed by atoms with van der Waals surface area (Å²) >= 11 is 0. The molecule has 8 heteroatoms. The van der Waals surface area contributed by atoms with Gasteiger partial charge in [-0.05, 0) is 54.7 Å². The summed E-state index contributed by atoms with van der Waals surface area (Å²) in [5, 5.41) is 0. The van der Waals surface area contributed by atoms with E-state index in [0.717, 1.165) is 5.56 Å². The van der Waals surface area contributed by atoms with E-state index in [2.05, 4.69) is 13.8 Å². The lowest BCUT2D eigenvalue weighted by atomic mass is 9.98.